The first-order valence-corrected chi connectivity index (χ1v) is 14.8. The van der Waals surface area contributed by atoms with Crippen molar-refractivity contribution in [1.29, 1.82) is 0 Å². The molecular weight excluding hydrogens is 486 g/mol. The average molecular weight is 524 g/mol. The minimum absolute atomic E-state index is 0.292. The highest BCUT2D eigenvalue weighted by Gasteiger charge is 2.34. The van der Waals surface area contributed by atoms with Crippen molar-refractivity contribution in [2.24, 2.45) is 0 Å². The molecule has 5 rings (SSSR count). The third-order valence-electron chi connectivity index (χ3n) is 7.79. The Balaban J connectivity index is 1.44. The van der Waals surface area contributed by atoms with Gasteiger partial charge in [-0.05, 0) is 102 Å². The molecule has 0 amide bonds. The molecule has 2 aliphatic rings. The summed E-state index contributed by atoms with van der Waals surface area (Å²) < 4.78 is 43.2. The molecule has 2 fully saturated rings. The second-order valence-corrected chi connectivity index (χ2v) is 13.1. The van der Waals surface area contributed by atoms with Gasteiger partial charge in [0, 0.05) is 12.1 Å². The van der Waals surface area contributed by atoms with Crippen molar-refractivity contribution in [3.63, 3.8) is 0 Å². The molecule has 37 heavy (non-hydrogen) atoms. The summed E-state index contributed by atoms with van der Waals surface area (Å²) in [4.78, 5) is 2.58. The molecule has 5 heteroatoms. The molecule has 2 nitrogen and oxygen atoms in total. The molecule has 0 spiro atoms. The van der Waals surface area contributed by atoms with Crippen molar-refractivity contribution in [2.75, 3.05) is 0 Å². The van der Waals surface area contributed by atoms with Gasteiger partial charge in [-0.25, -0.2) is 8.78 Å². The molecule has 2 aliphatic carbocycles. The second kappa shape index (κ2) is 11.1. The van der Waals surface area contributed by atoms with Crippen LogP contribution in [0.5, 0.6) is 11.5 Å². The lowest BCUT2D eigenvalue weighted by molar-refractivity contribution is 0.0444. The third-order valence-corrected chi connectivity index (χ3v) is 9.99. The predicted molar refractivity (Wildman–Crippen MR) is 146 cm³/mol. The van der Waals surface area contributed by atoms with E-state index in [1.807, 2.05) is 42.5 Å². The Bertz CT molecular complexity index is 1130. The molecule has 0 aliphatic heterocycles. The van der Waals surface area contributed by atoms with E-state index in [1.54, 1.807) is 24.3 Å². The van der Waals surface area contributed by atoms with E-state index in [2.05, 4.69) is 13.8 Å². The van der Waals surface area contributed by atoms with E-state index in [-0.39, 0.29) is 22.8 Å². The maximum absolute atomic E-state index is 15.4. The molecule has 0 unspecified atom stereocenters. The molecule has 3 aromatic rings. The Hall–Kier alpha value is -2.53. The van der Waals surface area contributed by atoms with Crippen LogP contribution in [-0.4, -0.2) is 11.2 Å². The van der Waals surface area contributed by atoms with Crippen molar-refractivity contribution in [1.82, 2.24) is 0 Å². The fourth-order valence-corrected chi connectivity index (χ4v) is 7.78. The third kappa shape index (κ3) is 6.14. The lowest BCUT2D eigenvalue weighted by atomic mass is 9.86. The lowest BCUT2D eigenvalue weighted by Crippen LogP contribution is -2.34. The summed E-state index contributed by atoms with van der Waals surface area (Å²) in [6, 6.07) is 20.4. The Labute approximate surface area is 222 Å². The molecule has 0 heterocycles. The molecule has 0 atom stereocenters. The molecule has 0 N–H and O–H groups in total. The van der Waals surface area contributed by atoms with Gasteiger partial charge in [-0.15, -0.1) is 0 Å². The minimum Gasteiger partial charge on any atom is -0.484 e. The molecule has 2 saturated carbocycles. The van der Waals surface area contributed by atoms with Crippen LogP contribution in [0.3, 0.4) is 0 Å². The Morgan fingerprint density at radius 2 is 1.00 bits per heavy atom. The highest BCUT2D eigenvalue weighted by atomic mass is 32.2. The van der Waals surface area contributed by atoms with E-state index in [1.165, 1.54) is 12.8 Å². The van der Waals surface area contributed by atoms with E-state index in [0.29, 0.717) is 11.5 Å². The van der Waals surface area contributed by atoms with Crippen LogP contribution in [0.25, 0.3) is 0 Å². The van der Waals surface area contributed by atoms with Gasteiger partial charge in [-0.1, -0.05) is 31.0 Å². The van der Waals surface area contributed by atoms with Crippen LogP contribution in [0.1, 0.15) is 78.1 Å². The topological polar surface area (TPSA) is 18.5 Å². The fourth-order valence-electron chi connectivity index (χ4n) is 5.68. The number of ether oxygens (including phenoxy) is 2. The van der Waals surface area contributed by atoms with Crippen molar-refractivity contribution >= 4 is 10.9 Å². The summed E-state index contributed by atoms with van der Waals surface area (Å²) >= 11 is 0. The summed E-state index contributed by atoms with van der Waals surface area (Å²) in [6.07, 6.45) is 10.6. The van der Waals surface area contributed by atoms with Gasteiger partial charge < -0.3 is 9.47 Å². The first-order valence-electron chi connectivity index (χ1n) is 13.6. The van der Waals surface area contributed by atoms with Gasteiger partial charge in [-0.3, -0.25) is 0 Å². The Morgan fingerprint density at radius 1 is 0.568 bits per heavy atom. The van der Waals surface area contributed by atoms with E-state index in [4.69, 9.17) is 9.47 Å². The largest absolute Gasteiger partial charge is 0.484 e. The monoisotopic (exact) mass is 523 g/mol. The highest BCUT2D eigenvalue weighted by molar-refractivity contribution is 7.97. The first-order chi connectivity index (χ1) is 17.8. The van der Waals surface area contributed by atoms with Crippen molar-refractivity contribution < 1.29 is 18.3 Å². The van der Waals surface area contributed by atoms with Crippen LogP contribution in [0.4, 0.5) is 8.78 Å². The smallest absolute Gasteiger partial charge is 0.170 e. The summed E-state index contributed by atoms with van der Waals surface area (Å²) in [5.74, 6) is -0.160. The van der Waals surface area contributed by atoms with E-state index in [9.17, 15) is 0 Å². The normalized spacial score (nSPS) is 18.9. The highest BCUT2D eigenvalue weighted by Crippen LogP contribution is 2.39. The first kappa shape index (κ1) is 26.1. The van der Waals surface area contributed by atoms with Gasteiger partial charge in [0.05, 0.1) is 10.9 Å². The van der Waals surface area contributed by atoms with Crippen LogP contribution < -0.4 is 9.47 Å². The number of hydrogen-bond donors (Lipinski definition) is 0. The number of halogens is 2. The molecule has 0 saturated heterocycles. The van der Waals surface area contributed by atoms with Gasteiger partial charge in [0.2, 0.25) is 0 Å². The molecule has 196 valence electrons. The SMILES string of the molecule is CC1(Oc2ccc([S+](c3ccccc3)c3ccc(OC4(C)CCCCC4)c(F)c3)cc2F)CCCCC1. The standard InChI is InChI=1S/C32H37F2O2S/c1-31(18-8-4-9-19-31)35-29-16-14-25(22-27(29)33)37(24-12-6-3-7-13-24)26-15-17-30(28(34)23-26)36-32(2)20-10-5-11-21-32/h3,6-7,12-17,22-23H,4-5,8-11,18-21H2,1-2H3/q+1. The van der Waals surface area contributed by atoms with Gasteiger partial charge >= 0.3 is 0 Å². The zero-order valence-electron chi connectivity index (χ0n) is 21.9. The maximum Gasteiger partial charge on any atom is 0.170 e. The number of hydrogen-bond acceptors (Lipinski definition) is 2. The lowest BCUT2D eigenvalue weighted by Gasteiger charge is -2.34. The quantitative estimate of drug-likeness (QED) is 0.287. The molecule has 0 aromatic heterocycles. The maximum atomic E-state index is 15.4. The molecule has 0 radical (unpaired) electrons. The summed E-state index contributed by atoms with van der Waals surface area (Å²) in [5.41, 5.74) is -0.648. The zero-order chi connectivity index (χ0) is 25.9. The molecular formula is C32H37F2O2S+. The summed E-state index contributed by atoms with van der Waals surface area (Å²) in [6.45, 7) is 4.16. The van der Waals surface area contributed by atoms with Crippen LogP contribution in [0.15, 0.2) is 81.4 Å². The fraction of sp³-hybridized carbons (Fsp3) is 0.438. The Kier molecular flexibility index (Phi) is 7.80. The van der Waals surface area contributed by atoms with Crippen LogP contribution in [0, 0.1) is 11.6 Å². The summed E-state index contributed by atoms with van der Waals surface area (Å²) in [7, 11) is -0.677. The average Bonchev–Trinajstić information content (AvgIpc) is 2.89. The van der Waals surface area contributed by atoms with E-state index < -0.39 is 10.9 Å². The van der Waals surface area contributed by atoms with Crippen LogP contribution in [-0.2, 0) is 10.9 Å². The van der Waals surface area contributed by atoms with Gasteiger partial charge in [0.25, 0.3) is 0 Å². The van der Waals surface area contributed by atoms with Crippen molar-refractivity contribution in [2.45, 2.75) is 104 Å². The number of benzene rings is 3. The van der Waals surface area contributed by atoms with Crippen molar-refractivity contribution in [3.05, 3.63) is 78.4 Å². The predicted octanol–water partition coefficient (Wildman–Crippen LogP) is 9.26. The minimum atomic E-state index is -0.677. The van der Waals surface area contributed by atoms with Gasteiger partial charge in [-0.2, -0.15) is 0 Å². The molecule has 0 bridgehead atoms. The van der Waals surface area contributed by atoms with Gasteiger partial charge in [0.1, 0.15) is 11.2 Å². The summed E-state index contributed by atoms with van der Waals surface area (Å²) in [5, 5.41) is 0. The molecule has 3 aromatic carbocycles. The van der Waals surface area contributed by atoms with Gasteiger partial charge in [0.15, 0.2) is 37.8 Å². The van der Waals surface area contributed by atoms with Crippen LogP contribution >= 0.6 is 0 Å². The second-order valence-electron chi connectivity index (χ2n) is 11.0. The van der Waals surface area contributed by atoms with Crippen LogP contribution in [0.2, 0.25) is 0 Å². The Morgan fingerprint density at radius 3 is 1.41 bits per heavy atom. The van der Waals surface area contributed by atoms with Crippen molar-refractivity contribution in [3.8, 4) is 11.5 Å². The number of rotatable bonds is 7. The zero-order valence-corrected chi connectivity index (χ0v) is 22.7. The van der Waals surface area contributed by atoms with E-state index in [0.717, 1.165) is 66.1 Å². The van der Waals surface area contributed by atoms with E-state index >= 15 is 8.78 Å².